The van der Waals surface area contributed by atoms with Gasteiger partial charge in [0.05, 0.1) is 5.69 Å². The molecule has 0 unspecified atom stereocenters. The Bertz CT molecular complexity index is 862. The van der Waals surface area contributed by atoms with E-state index < -0.39 is 0 Å². The number of benzene rings is 2. The van der Waals surface area contributed by atoms with Gasteiger partial charge in [-0.25, -0.2) is 9.97 Å². The minimum absolute atomic E-state index is 0.763. The van der Waals surface area contributed by atoms with E-state index in [4.69, 9.17) is 21.6 Å². The lowest BCUT2D eigenvalue weighted by Crippen LogP contribution is -2.19. The van der Waals surface area contributed by atoms with Gasteiger partial charge in [-0.1, -0.05) is 41.9 Å². The largest absolute Gasteiger partial charge is 0.356 e. The first-order valence-corrected chi connectivity index (χ1v) is 10.2. The van der Waals surface area contributed by atoms with Crippen molar-refractivity contribution in [3.8, 4) is 11.4 Å². The predicted molar refractivity (Wildman–Crippen MR) is 110 cm³/mol. The van der Waals surface area contributed by atoms with E-state index in [1.165, 1.54) is 17.7 Å². The van der Waals surface area contributed by atoms with Gasteiger partial charge in [0.2, 0.25) is 0 Å². The van der Waals surface area contributed by atoms with Gasteiger partial charge in [0.25, 0.3) is 0 Å². The molecule has 2 aromatic carbocycles. The Morgan fingerprint density at radius 2 is 1.65 bits per heavy atom. The van der Waals surface area contributed by atoms with Crippen LogP contribution >= 0.6 is 23.4 Å². The summed E-state index contributed by atoms with van der Waals surface area (Å²) in [5.41, 5.74) is 2.12. The van der Waals surface area contributed by atoms with E-state index in [0.717, 1.165) is 46.8 Å². The van der Waals surface area contributed by atoms with E-state index in [-0.39, 0.29) is 0 Å². The summed E-state index contributed by atoms with van der Waals surface area (Å²) in [5, 5.41) is 0.763. The number of hydrogen-bond acceptors (Lipinski definition) is 4. The lowest BCUT2D eigenvalue weighted by atomic mass is 10.2. The van der Waals surface area contributed by atoms with Crippen molar-refractivity contribution in [1.82, 2.24) is 9.97 Å². The van der Waals surface area contributed by atoms with Gasteiger partial charge in [-0.05, 0) is 37.1 Å². The van der Waals surface area contributed by atoms with E-state index in [0.29, 0.717) is 0 Å². The molecular weight excluding hydrogens is 362 g/mol. The normalized spacial score (nSPS) is 14.0. The van der Waals surface area contributed by atoms with Crippen molar-refractivity contribution < 1.29 is 0 Å². The molecule has 132 valence electrons. The van der Waals surface area contributed by atoms with E-state index in [9.17, 15) is 0 Å². The van der Waals surface area contributed by atoms with Crippen LogP contribution in [0, 0.1) is 0 Å². The second-order valence-electron chi connectivity index (χ2n) is 6.34. The molecule has 0 radical (unpaired) electrons. The number of rotatable bonds is 5. The molecule has 0 saturated carbocycles. The van der Waals surface area contributed by atoms with Crippen LogP contribution < -0.4 is 4.90 Å². The summed E-state index contributed by atoms with van der Waals surface area (Å²) in [6, 6.07) is 20.3. The fourth-order valence-electron chi connectivity index (χ4n) is 3.07. The van der Waals surface area contributed by atoms with Crippen LogP contribution in [0.5, 0.6) is 0 Å². The Kier molecular flexibility index (Phi) is 5.42. The molecule has 1 saturated heterocycles. The van der Waals surface area contributed by atoms with Crippen LogP contribution in [0.2, 0.25) is 5.02 Å². The van der Waals surface area contributed by atoms with Gasteiger partial charge in [0.15, 0.2) is 5.82 Å². The molecule has 26 heavy (non-hydrogen) atoms. The zero-order valence-electron chi connectivity index (χ0n) is 14.4. The Morgan fingerprint density at radius 1 is 0.923 bits per heavy atom. The van der Waals surface area contributed by atoms with Crippen molar-refractivity contribution in [3.63, 3.8) is 0 Å². The third-order valence-electron chi connectivity index (χ3n) is 4.43. The molecule has 0 N–H and O–H groups in total. The smallest absolute Gasteiger partial charge is 0.161 e. The average molecular weight is 382 g/mol. The summed E-state index contributed by atoms with van der Waals surface area (Å²) in [4.78, 5) is 13.2. The van der Waals surface area contributed by atoms with E-state index in [2.05, 4.69) is 23.1 Å². The van der Waals surface area contributed by atoms with Gasteiger partial charge in [-0.15, -0.1) is 11.8 Å². The zero-order chi connectivity index (χ0) is 17.8. The molecule has 0 spiro atoms. The van der Waals surface area contributed by atoms with Crippen LogP contribution in [0.1, 0.15) is 18.5 Å². The quantitative estimate of drug-likeness (QED) is 0.531. The van der Waals surface area contributed by atoms with Crippen molar-refractivity contribution in [2.24, 2.45) is 0 Å². The summed E-state index contributed by atoms with van der Waals surface area (Å²) in [6.07, 6.45) is 2.47. The molecule has 0 amide bonds. The number of thioether (sulfide) groups is 1. The van der Waals surface area contributed by atoms with Gasteiger partial charge >= 0.3 is 0 Å². The first-order valence-electron chi connectivity index (χ1n) is 8.85. The summed E-state index contributed by atoms with van der Waals surface area (Å²) in [5.74, 6) is 2.66. The van der Waals surface area contributed by atoms with Gasteiger partial charge in [0.1, 0.15) is 5.82 Å². The predicted octanol–water partition coefficient (Wildman–Crippen LogP) is 5.69. The lowest BCUT2D eigenvalue weighted by Gasteiger charge is -2.18. The van der Waals surface area contributed by atoms with Gasteiger partial charge in [-0.2, -0.15) is 0 Å². The highest BCUT2D eigenvalue weighted by Gasteiger charge is 2.16. The zero-order valence-corrected chi connectivity index (χ0v) is 16.0. The fraction of sp³-hybridized carbons (Fsp3) is 0.238. The van der Waals surface area contributed by atoms with E-state index in [1.54, 1.807) is 11.8 Å². The molecule has 1 aromatic heterocycles. The van der Waals surface area contributed by atoms with Gasteiger partial charge < -0.3 is 4.90 Å². The number of halogens is 1. The lowest BCUT2D eigenvalue weighted by molar-refractivity contribution is 0.922. The van der Waals surface area contributed by atoms with Crippen LogP contribution in [0.4, 0.5) is 5.82 Å². The first-order chi connectivity index (χ1) is 12.8. The summed E-state index contributed by atoms with van der Waals surface area (Å²) in [7, 11) is 0. The van der Waals surface area contributed by atoms with E-state index in [1.807, 2.05) is 42.5 Å². The average Bonchev–Trinajstić information content (AvgIpc) is 3.23. The molecule has 3 aromatic rings. The third-order valence-corrected chi connectivity index (χ3v) is 5.73. The highest BCUT2D eigenvalue weighted by atomic mass is 35.5. The van der Waals surface area contributed by atoms with E-state index >= 15 is 0 Å². The van der Waals surface area contributed by atoms with Crippen molar-refractivity contribution in [1.29, 1.82) is 0 Å². The van der Waals surface area contributed by atoms with Crippen molar-refractivity contribution in [2.45, 2.75) is 23.5 Å². The third kappa shape index (κ3) is 4.19. The minimum Gasteiger partial charge on any atom is -0.356 e. The van der Waals surface area contributed by atoms with Crippen molar-refractivity contribution in [2.75, 3.05) is 18.0 Å². The highest BCUT2D eigenvalue weighted by molar-refractivity contribution is 7.98. The molecule has 1 aliphatic rings. The Balaban J connectivity index is 1.61. The molecular formula is C21H20ClN3S. The maximum atomic E-state index is 5.98. The number of anilines is 1. The Hall–Kier alpha value is -2.04. The molecule has 3 nitrogen and oxygen atoms in total. The summed E-state index contributed by atoms with van der Waals surface area (Å²) < 4.78 is 0. The number of aromatic nitrogens is 2. The van der Waals surface area contributed by atoms with Crippen molar-refractivity contribution in [3.05, 3.63) is 71.4 Å². The molecule has 0 atom stereocenters. The maximum Gasteiger partial charge on any atom is 0.161 e. The first kappa shape index (κ1) is 17.4. The Labute approximate surface area is 163 Å². The van der Waals surface area contributed by atoms with Crippen LogP contribution in [0.25, 0.3) is 11.4 Å². The van der Waals surface area contributed by atoms with Crippen LogP contribution in [0.15, 0.2) is 65.6 Å². The second kappa shape index (κ2) is 8.11. The molecule has 5 heteroatoms. The molecule has 0 bridgehead atoms. The molecule has 0 aliphatic carbocycles. The topological polar surface area (TPSA) is 29.0 Å². The summed E-state index contributed by atoms with van der Waals surface area (Å²) >= 11 is 7.75. The maximum absolute atomic E-state index is 5.98. The fourth-order valence-corrected chi connectivity index (χ4v) is 3.99. The monoisotopic (exact) mass is 381 g/mol. The van der Waals surface area contributed by atoms with Gasteiger partial charge in [0, 0.05) is 40.4 Å². The van der Waals surface area contributed by atoms with Crippen LogP contribution in [0.3, 0.4) is 0 Å². The molecule has 4 rings (SSSR count). The number of nitrogens with zero attached hydrogens (tertiary/aromatic N) is 3. The van der Waals surface area contributed by atoms with Gasteiger partial charge in [-0.3, -0.25) is 0 Å². The van der Waals surface area contributed by atoms with Crippen LogP contribution in [-0.2, 0) is 5.75 Å². The molecule has 2 heterocycles. The van der Waals surface area contributed by atoms with Crippen LogP contribution in [-0.4, -0.2) is 23.1 Å². The highest BCUT2D eigenvalue weighted by Crippen LogP contribution is 2.28. The minimum atomic E-state index is 0.763. The van der Waals surface area contributed by atoms with Crippen molar-refractivity contribution >= 4 is 29.2 Å². The Morgan fingerprint density at radius 3 is 2.38 bits per heavy atom. The standard InChI is InChI=1S/C21H20ClN3S/c22-17-8-10-19(11-9-17)26-15-18-14-20(25-12-4-5-13-25)24-21(23-18)16-6-2-1-3-7-16/h1-3,6-11,14H,4-5,12-13,15H2. The second-order valence-corrected chi connectivity index (χ2v) is 7.83. The SMILES string of the molecule is Clc1ccc(SCc2cc(N3CCCC3)nc(-c3ccccc3)n2)cc1. The summed E-state index contributed by atoms with van der Waals surface area (Å²) in [6.45, 7) is 2.16. The molecule has 1 fully saturated rings. The molecule has 1 aliphatic heterocycles. The number of hydrogen-bond donors (Lipinski definition) is 0.